The van der Waals surface area contributed by atoms with Crippen LogP contribution in [-0.2, 0) is 9.59 Å². The Bertz CT molecular complexity index is 218. The molecule has 0 saturated heterocycles. The molecule has 0 atom stereocenters. The van der Waals surface area contributed by atoms with E-state index in [1.807, 2.05) is 0 Å². The zero-order valence-electron chi connectivity index (χ0n) is 7.64. The van der Waals surface area contributed by atoms with E-state index >= 15 is 0 Å². The predicted octanol–water partition coefficient (Wildman–Crippen LogP) is 1.73. The molecular weight excluding hydrogens is 152 g/mol. The van der Waals surface area contributed by atoms with Gasteiger partial charge in [0.1, 0.15) is 11.6 Å². The van der Waals surface area contributed by atoms with Crippen LogP contribution in [0.3, 0.4) is 0 Å². The second kappa shape index (κ2) is 6.60. The van der Waals surface area contributed by atoms with Crippen LogP contribution in [0.5, 0.6) is 0 Å². The molecule has 2 nitrogen and oxygen atoms in total. The first-order valence-corrected chi connectivity index (χ1v) is 4.07. The largest absolute Gasteiger partial charge is 0.300 e. The van der Waals surface area contributed by atoms with Crippen LogP contribution < -0.4 is 0 Å². The van der Waals surface area contributed by atoms with E-state index in [1.165, 1.54) is 6.92 Å². The van der Waals surface area contributed by atoms with Gasteiger partial charge >= 0.3 is 0 Å². The molecule has 0 bridgehead atoms. The fraction of sp³-hybridized carbons (Fsp3) is 0.600. The van der Waals surface area contributed by atoms with Gasteiger partial charge in [-0.1, -0.05) is 0 Å². The minimum absolute atomic E-state index is 0.0282. The van der Waals surface area contributed by atoms with Gasteiger partial charge in [0.05, 0.1) is 6.42 Å². The number of hydrogen-bond acceptors (Lipinski definition) is 2. The normalized spacial score (nSPS) is 8.50. The maximum atomic E-state index is 10.9. The quantitative estimate of drug-likeness (QED) is 0.354. The number of unbranched alkanes of at least 4 members (excludes halogenated alkanes) is 1. The molecule has 12 heavy (non-hydrogen) atoms. The van der Waals surface area contributed by atoms with E-state index in [-0.39, 0.29) is 18.0 Å². The van der Waals surface area contributed by atoms with Gasteiger partial charge in [-0.05, 0) is 20.3 Å². The molecule has 0 aliphatic rings. The molecule has 0 radical (unpaired) electrons. The summed E-state index contributed by atoms with van der Waals surface area (Å²) in [6.45, 7) is 3.21. The van der Waals surface area contributed by atoms with Crippen LogP contribution in [0.25, 0.3) is 0 Å². The molecule has 0 amide bonds. The summed E-state index contributed by atoms with van der Waals surface area (Å²) in [5.74, 6) is 5.60. The van der Waals surface area contributed by atoms with Crippen molar-refractivity contribution >= 4 is 11.6 Å². The molecule has 0 unspecified atom stereocenters. The van der Waals surface area contributed by atoms with Gasteiger partial charge < -0.3 is 0 Å². The highest BCUT2D eigenvalue weighted by Crippen LogP contribution is 1.98. The van der Waals surface area contributed by atoms with Crippen LogP contribution in [0, 0.1) is 11.8 Å². The number of rotatable bonds is 5. The Kier molecular flexibility index (Phi) is 6.00. The van der Waals surface area contributed by atoms with Crippen molar-refractivity contribution < 1.29 is 9.59 Å². The number of hydrogen-bond donors (Lipinski definition) is 0. The summed E-state index contributed by atoms with van der Waals surface area (Å²) >= 11 is 0. The van der Waals surface area contributed by atoms with Crippen molar-refractivity contribution in [2.75, 3.05) is 0 Å². The maximum absolute atomic E-state index is 10.9. The summed E-state index contributed by atoms with van der Waals surface area (Å²) in [7, 11) is 0. The lowest BCUT2D eigenvalue weighted by Gasteiger charge is -1.94. The van der Waals surface area contributed by atoms with E-state index < -0.39 is 0 Å². The van der Waals surface area contributed by atoms with Crippen molar-refractivity contribution in [1.29, 1.82) is 0 Å². The van der Waals surface area contributed by atoms with Crippen LogP contribution in [0.4, 0.5) is 0 Å². The highest BCUT2D eigenvalue weighted by molar-refractivity contribution is 5.97. The van der Waals surface area contributed by atoms with Crippen molar-refractivity contribution in [2.24, 2.45) is 0 Å². The van der Waals surface area contributed by atoms with Crippen LogP contribution in [0.1, 0.15) is 39.5 Å². The molecule has 66 valence electrons. The Hall–Kier alpha value is -1.10. The third-order valence-electron chi connectivity index (χ3n) is 1.38. The summed E-state index contributed by atoms with van der Waals surface area (Å²) in [4.78, 5) is 21.4. The Morgan fingerprint density at radius 3 is 2.50 bits per heavy atom. The second-order valence-corrected chi connectivity index (χ2v) is 2.70. The van der Waals surface area contributed by atoms with E-state index in [0.717, 1.165) is 12.8 Å². The first-order valence-electron chi connectivity index (χ1n) is 4.07. The minimum Gasteiger partial charge on any atom is -0.300 e. The monoisotopic (exact) mass is 166 g/mol. The number of carbonyl (C=O) groups is 2. The van der Waals surface area contributed by atoms with Gasteiger partial charge in [0.2, 0.25) is 0 Å². The standard InChI is InChI=1S/C10H14O2/c1-3-4-5-6-7-10(12)8-9(2)11/h5-8H2,1-2H3. The fourth-order valence-electron chi connectivity index (χ4n) is 0.865. The van der Waals surface area contributed by atoms with Crippen LogP contribution >= 0.6 is 0 Å². The Balaban J connectivity index is 3.42. The van der Waals surface area contributed by atoms with Gasteiger partial charge in [-0.2, -0.15) is 0 Å². The third kappa shape index (κ3) is 7.01. The van der Waals surface area contributed by atoms with E-state index in [2.05, 4.69) is 11.8 Å². The lowest BCUT2D eigenvalue weighted by Crippen LogP contribution is -2.03. The first kappa shape index (κ1) is 10.9. The van der Waals surface area contributed by atoms with Gasteiger partial charge in [-0.25, -0.2) is 0 Å². The second-order valence-electron chi connectivity index (χ2n) is 2.70. The summed E-state index contributed by atoms with van der Waals surface area (Å²) in [5, 5.41) is 0. The summed E-state index contributed by atoms with van der Waals surface area (Å²) < 4.78 is 0. The molecule has 2 heteroatoms. The maximum Gasteiger partial charge on any atom is 0.140 e. The van der Waals surface area contributed by atoms with Crippen molar-refractivity contribution in [2.45, 2.75) is 39.5 Å². The topological polar surface area (TPSA) is 34.1 Å². The number of carbonyl (C=O) groups excluding carboxylic acids is 2. The van der Waals surface area contributed by atoms with Crippen LogP contribution in [-0.4, -0.2) is 11.6 Å². The van der Waals surface area contributed by atoms with Crippen molar-refractivity contribution in [3.63, 3.8) is 0 Å². The molecule has 0 aromatic rings. The van der Waals surface area contributed by atoms with Gasteiger partial charge in [0, 0.05) is 12.8 Å². The molecule has 0 aromatic heterocycles. The number of ketones is 2. The molecule has 0 fully saturated rings. The SMILES string of the molecule is CC#CCCCC(=O)CC(C)=O. The van der Waals surface area contributed by atoms with Gasteiger partial charge in [-0.3, -0.25) is 9.59 Å². The van der Waals surface area contributed by atoms with Crippen molar-refractivity contribution in [1.82, 2.24) is 0 Å². The predicted molar refractivity (Wildman–Crippen MR) is 47.6 cm³/mol. The van der Waals surface area contributed by atoms with E-state index in [9.17, 15) is 9.59 Å². The van der Waals surface area contributed by atoms with E-state index in [1.54, 1.807) is 6.92 Å². The summed E-state index contributed by atoms with van der Waals surface area (Å²) in [6, 6.07) is 0. The number of Topliss-reactive ketones (excluding diaryl/α,β-unsaturated/α-hetero) is 2. The molecule has 0 aliphatic carbocycles. The Morgan fingerprint density at radius 1 is 1.33 bits per heavy atom. The average molecular weight is 166 g/mol. The van der Waals surface area contributed by atoms with E-state index in [0.29, 0.717) is 6.42 Å². The zero-order valence-corrected chi connectivity index (χ0v) is 7.64. The van der Waals surface area contributed by atoms with Crippen molar-refractivity contribution in [3.05, 3.63) is 0 Å². The summed E-state index contributed by atoms with van der Waals surface area (Å²) in [5.41, 5.74) is 0. The molecular formula is C10H14O2. The molecule has 0 saturated carbocycles. The lowest BCUT2D eigenvalue weighted by atomic mass is 10.1. The highest BCUT2D eigenvalue weighted by Gasteiger charge is 2.03. The molecule has 0 aliphatic heterocycles. The zero-order chi connectivity index (χ0) is 9.40. The highest BCUT2D eigenvalue weighted by atomic mass is 16.1. The lowest BCUT2D eigenvalue weighted by molar-refractivity contribution is -0.125. The van der Waals surface area contributed by atoms with Crippen molar-refractivity contribution in [3.8, 4) is 11.8 Å². The smallest absolute Gasteiger partial charge is 0.140 e. The van der Waals surface area contributed by atoms with Crippen LogP contribution in [0.15, 0.2) is 0 Å². The van der Waals surface area contributed by atoms with Crippen LogP contribution in [0.2, 0.25) is 0 Å². The molecule has 0 N–H and O–H groups in total. The third-order valence-corrected chi connectivity index (χ3v) is 1.38. The molecule has 0 spiro atoms. The van der Waals surface area contributed by atoms with Gasteiger partial charge in [-0.15, -0.1) is 11.8 Å². The van der Waals surface area contributed by atoms with E-state index in [4.69, 9.17) is 0 Å². The Labute approximate surface area is 73.3 Å². The minimum atomic E-state index is -0.0541. The summed E-state index contributed by atoms with van der Waals surface area (Å²) in [6.07, 6.45) is 2.08. The average Bonchev–Trinajstić information content (AvgIpc) is 1.97. The molecule has 0 aromatic carbocycles. The Morgan fingerprint density at radius 2 is 2.00 bits per heavy atom. The van der Waals surface area contributed by atoms with Gasteiger partial charge in [0.25, 0.3) is 0 Å². The van der Waals surface area contributed by atoms with Gasteiger partial charge in [0.15, 0.2) is 0 Å². The molecule has 0 rings (SSSR count). The fourth-order valence-corrected chi connectivity index (χ4v) is 0.865. The molecule has 0 heterocycles. The first-order chi connectivity index (χ1) is 5.66.